The lowest BCUT2D eigenvalue weighted by molar-refractivity contribution is -0.132. The molecule has 0 radical (unpaired) electrons. The van der Waals surface area contributed by atoms with Crippen LogP contribution >= 0.6 is 0 Å². The van der Waals surface area contributed by atoms with E-state index in [2.05, 4.69) is 51.2 Å². The van der Waals surface area contributed by atoms with Crippen LogP contribution in [0.5, 0.6) is 0 Å². The molecule has 3 heterocycles. The highest BCUT2D eigenvalue weighted by Crippen LogP contribution is 2.27. The number of fused-ring (bicyclic) bond motifs is 1. The highest BCUT2D eigenvalue weighted by Gasteiger charge is 2.37. The predicted octanol–water partition coefficient (Wildman–Crippen LogP) is 3.21. The first-order valence-corrected chi connectivity index (χ1v) is 13.6. The number of carbonyl (C=O) groups excluding carboxylic acids is 1. The van der Waals surface area contributed by atoms with Crippen molar-refractivity contribution < 1.29 is 4.79 Å². The highest BCUT2D eigenvalue weighted by molar-refractivity contribution is 5.87. The average Bonchev–Trinajstić information content (AvgIpc) is 3.59. The van der Waals surface area contributed by atoms with Gasteiger partial charge in [-0.05, 0) is 35.7 Å². The van der Waals surface area contributed by atoms with Crippen LogP contribution in [0.4, 0.5) is 0 Å². The summed E-state index contributed by atoms with van der Waals surface area (Å²) < 4.78 is 1.52. The second-order valence-electron chi connectivity index (χ2n) is 10.5. The maximum atomic E-state index is 14.1. The van der Waals surface area contributed by atoms with Gasteiger partial charge < -0.3 is 9.88 Å². The molecular weight excluding hydrogens is 488 g/mol. The van der Waals surface area contributed by atoms with Crippen molar-refractivity contribution >= 4 is 16.9 Å². The normalized spacial score (nSPS) is 19.3. The van der Waals surface area contributed by atoms with Crippen LogP contribution in [0.1, 0.15) is 29.2 Å². The first kappa shape index (κ1) is 25.1. The zero-order valence-electron chi connectivity index (χ0n) is 21.9. The summed E-state index contributed by atoms with van der Waals surface area (Å²) in [7, 11) is 0. The second-order valence-corrected chi connectivity index (χ2v) is 10.5. The summed E-state index contributed by atoms with van der Waals surface area (Å²) in [4.78, 5) is 37.1. The number of hydrogen-bond donors (Lipinski definition) is 1. The molecule has 39 heavy (non-hydrogen) atoms. The molecule has 2 fully saturated rings. The fourth-order valence-corrected chi connectivity index (χ4v) is 6.03. The van der Waals surface area contributed by atoms with Crippen molar-refractivity contribution in [3.8, 4) is 6.07 Å². The van der Waals surface area contributed by atoms with E-state index in [0.717, 1.165) is 44.7 Å². The number of aromatic nitrogens is 2. The van der Waals surface area contributed by atoms with Crippen molar-refractivity contribution in [2.45, 2.75) is 25.0 Å². The summed E-state index contributed by atoms with van der Waals surface area (Å²) in [6, 6.07) is 26.8. The van der Waals surface area contributed by atoms with Gasteiger partial charge in [0, 0.05) is 51.9 Å². The topological polar surface area (TPSA) is 88.4 Å². The number of amides is 1. The number of aromatic amines is 1. The molecule has 1 unspecified atom stereocenters. The Balaban J connectivity index is 1.20. The van der Waals surface area contributed by atoms with Crippen molar-refractivity contribution in [2.24, 2.45) is 0 Å². The van der Waals surface area contributed by atoms with Crippen LogP contribution in [0.25, 0.3) is 11.0 Å². The summed E-state index contributed by atoms with van der Waals surface area (Å²) in [5.74, 6) is -0.0863. The lowest BCUT2D eigenvalue weighted by Gasteiger charge is -2.38. The Labute approximate surface area is 227 Å². The van der Waals surface area contributed by atoms with Gasteiger partial charge in [0.1, 0.15) is 6.04 Å². The van der Waals surface area contributed by atoms with Crippen LogP contribution in [0.15, 0.2) is 83.7 Å². The molecule has 2 atom stereocenters. The number of nitrogens with one attached hydrogen (secondary N) is 1. The minimum absolute atomic E-state index is 0.0863. The standard InChI is InChI=1S/C31H32N6O2/c32-20-24-11-12-27-28(19-24)37(31(39)33-27)29(25-9-5-2-6-10-25)30(38)36-14-13-26(22-36)35-17-15-34(16-18-35)21-23-7-3-1-4-8-23/h1-12,19,26,29H,13-18,21-22H2,(H,33,39)/t26-,29?/m0/s1. The zero-order chi connectivity index (χ0) is 26.8. The van der Waals surface area contributed by atoms with Gasteiger partial charge in [-0.3, -0.25) is 19.2 Å². The van der Waals surface area contributed by atoms with Gasteiger partial charge >= 0.3 is 5.69 Å². The average molecular weight is 521 g/mol. The number of likely N-dealkylation sites (tertiary alicyclic amines) is 1. The van der Waals surface area contributed by atoms with Crippen LogP contribution < -0.4 is 5.69 Å². The summed E-state index contributed by atoms with van der Waals surface area (Å²) in [5.41, 5.74) is 3.36. The van der Waals surface area contributed by atoms with E-state index in [1.165, 1.54) is 10.1 Å². The Morgan fingerprint density at radius 2 is 1.67 bits per heavy atom. The molecule has 2 aliphatic rings. The summed E-state index contributed by atoms with van der Waals surface area (Å²) in [5, 5.41) is 9.44. The van der Waals surface area contributed by atoms with Gasteiger partial charge in [0.2, 0.25) is 0 Å². The van der Waals surface area contributed by atoms with Crippen LogP contribution in [0.2, 0.25) is 0 Å². The number of imidazole rings is 1. The molecule has 3 aromatic carbocycles. The quantitative estimate of drug-likeness (QED) is 0.422. The first-order chi connectivity index (χ1) is 19.1. The Kier molecular flexibility index (Phi) is 7.01. The van der Waals surface area contributed by atoms with Gasteiger partial charge in [0.15, 0.2) is 0 Å². The Bertz CT molecular complexity index is 1550. The fourth-order valence-electron chi connectivity index (χ4n) is 6.03. The van der Waals surface area contributed by atoms with E-state index in [9.17, 15) is 14.9 Å². The van der Waals surface area contributed by atoms with Gasteiger partial charge in [0.05, 0.1) is 22.7 Å². The molecule has 1 amide bonds. The largest absolute Gasteiger partial charge is 0.339 e. The number of benzene rings is 3. The van der Waals surface area contributed by atoms with E-state index in [1.807, 2.05) is 35.2 Å². The molecule has 0 aliphatic carbocycles. The van der Waals surface area contributed by atoms with Gasteiger partial charge in [-0.15, -0.1) is 0 Å². The first-order valence-electron chi connectivity index (χ1n) is 13.6. The molecule has 4 aromatic rings. The van der Waals surface area contributed by atoms with Crippen molar-refractivity contribution in [2.75, 3.05) is 39.3 Å². The minimum Gasteiger partial charge on any atom is -0.339 e. The van der Waals surface area contributed by atoms with Gasteiger partial charge in [-0.25, -0.2) is 4.79 Å². The zero-order valence-corrected chi connectivity index (χ0v) is 21.9. The summed E-state index contributed by atoms with van der Waals surface area (Å²) in [6.45, 7) is 6.28. The molecule has 2 aliphatic heterocycles. The van der Waals surface area contributed by atoms with E-state index in [0.29, 0.717) is 35.7 Å². The van der Waals surface area contributed by atoms with Crippen LogP contribution in [0, 0.1) is 11.3 Å². The number of H-pyrrole nitrogens is 1. The molecule has 0 spiro atoms. The van der Waals surface area contributed by atoms with Crippen molar-refractivity contribution in [1.82, 2.24) is 24.3 Å². The van der Waals surface area contributed by atoms with E-state index in [-0.39, 0.29) is 11.6 Å². The second kappa shape index (κ2) is 10.9. The van der Waals surface area contributed by atoms with E-state index in [1.54, 1.807) is 18.2 Å². The molecule has 1 N–H and O–H groups in total. The number of carbonyl (C=O) groups is 1. The van der Waals surface area contributed by atoms with E-state index >= 15 is 0 Å². The third-order valence-corrected chi connectivity index (χ3v) is 8.10. The Morgan fingerprint density at radius 1 is 0.949 bits per heavy atom. The Morgan fingerprint density at radius 3 is 2.38 bits per heavy atom. The molecule has 1 aromatic heterocycles. The number of hydrogen-bond acceptors (Lipinski definition) is 5. The molecule has 6 rings (SSSR count). The van der Waals surface area contributed by atoms with E-state index in [4.69, 9.17) is 0 Å². The lowest BCUT2D eigenvalue weighted by Crippen LogP contribution is -2.51. The third kappa shape index (κ3) is 5.11. The van der Waals surface area contributed by atoms with Crippen LogP contribution in [0.3, 0.4) is 0 Å². The highest BCUT2D eigenvalue weighted by atomic mass is 16.2. The maximum Gasteiger partial charge on any atom is 0.327 e. The Hall–Kier alpha value is -4.19. The van der Waals surface area contributed by atoms with Gasteiger partial charge in [0.25, 0.3) is 5.91 Å². The number of piperazine rings is 1. The monoisotopic (exact) mass is 520 g/mol. The maximum absolute atomic E-state index is 14.1. The third-order valence-electron chi connectivity index (χ3n) is 8.10. The van der Waals surface area contributed by atoms with Gasteiger partial charge in [-0.1, -0.05) is 60.7 Å². The molecule has 0 bridgehead atoms. The molecule has 8 nitrogen and oxygen atoms in total. The molecular formula is C31H32N6O2. The fraction of sp³-hybridized carbons (Fsp3) is 0.323. The lowest BCUT2D eigenvalue weighted by atomic mass is 10.0. The molecule has 8 heteroatoms. The molecule has 0 saturated carbocycles. The van der Waals surface area contributed by atoms with Crippen molar-refractivity contribution in [1.29, 1.82) is 5.26 Å². The van der Waals surface area contributed by atoms with Crippen LogP contribution in [-0.2, 0) is 11.3 Å². The molecule has 198 valence electrons. The number of nitriles is 1. The summed E-state index contributed by atoms with van der Waals surface area (Å²) >= 11 is 0. The van der Waals surface area contributed by atoms with Gasteiger partial charge in [-0.2, -0.15) is 5.26 Å². The molecule has 2 saturated heterocycles. The number of nitrogens with zero attached hydrogens (tertiary/aromatic N) is 5. The van der Waals surface area contributed by atoms with Crippen molar-refractivity contribution in [3.63, 3.8) is 0 Å². The number of rotatable bonds is 6. The SMILES string of the molecule is N#Cc1ccc2[nH]c(=O)n(C(C(=O)N3CC[C@H](N4CCN(Cc5ccccc5)CC4)C3)c3ccccc3)c2c1. The predicted molar refractivity (Wildman–Crippen MR) is 150 cm³/mol. The smallest absolute Gasteiger partial charge is 0.327 e. The van der Waals surface area contributed by atoms with Crippen LogP contribution in [-0.4, -0.2) is 75.5 Å². The summed E-state index contributed by atoms with van der Waals surface area (Å²) in [6.07, 6.45) is 0.924. The minimum atomic E-state index is -0.803. The van der Waals surface area contributed by atoms with Crippen molar-refractivity contribution in [3.05, 3.63) is 106 Å². The van der Waals surface area contributed by atoms with E-state index < -0.39 is 6.04 Å².